The van der Waals surface area contributed by atoms with Crippen molar-refractivity contribution in [1.29, 1.82) is 0 Å². The van der Waals surface area contributed by atoms with Crippen LogP contribution in [0.4, 0.5) is 0 Å². The highest BCUT2D eigenvalue weighted by atomic mass is 16.5. The quantitative estimate of drug-likeness (QED) is 0.275. The Balaban J connectivity index is 1.80. The maximum Gasteiger partial charge on any atom is 0.132 e. The molecule has 0 bridgehead atoms. The fourth-order valence-corrected chi connectivity index (χ4v) is 5.66. The van der Waals surface area contributed by atoms with Crippen LogP contribution in [0.5, 0.6) is 11.5 Å². The summed E-state index contributed by atoms with van der Waals surface area (Å²) in [6, 6.07) is 31.4. The molecule has 4 aromatic rings. The van der Waals surface area contributed by atoms with Crippen LogP contribution in [0.15, 0.2) is 84.9 Å². The topological polar surface area (TPSA) is 9.23 Å². The number of benzene rings is 4. The van der Waals surface area contributed by atoms with Gasteiger partial charge in [-0.3, -0.25) is 0 Å². The van der Waals surface area contributed by atoms with Crippen LogP contribution >= 0.6 is 0 Å². The summed E-state index contributed by atoms with van der Waals surface area (Å²) in [6.07, 6.45) is 0. The molecule has 0 N–H and O–H groups in total. The highest BCUT2D eigenvalue weighted by Crippen LogP contribution is 2.62. The number of rotatable bonds is 2. The molecule has 1 aliphatic carbocycles. The average molecular weight is 417 g/mol. The van der Waals surface area contributed by atoms with Crippen molar-refractivity contribution in [2.45, 2.75) is 44.9 Å². The van der Waals surface area contributed by atoms with Crippen LogP contribution in [0.1, 0.15) is 72.9 Å². The summed E-state index contributed by atoms with van der Waals surface area (Å²) in [5, 5.41) is 0. The van der Waals surface area contributed by atoms with Gasteiger partial charge in [0.05, 0.1) is 5.41 Å². The Labute approximate surface area is 190 Å². The standard InChI is InChI=1S/C31H28O/c1-19(2)21-13-15-29-27(17-21)31(28-18-22(20(3)4)14-16-30(28)32-29)25-11-7-5-9-23(25)24-10-6-8-12-26(24)31/h5-20H,1-4H3. The van der Waals surface area contributed by atoms with Crippen molar-refractivity contribution >= 4 is 0 Å². The van der Waals surface area contributed by atoms with Crippen molar-refractivity contribution in [3.63, 3.8) is 0 Å². The second-order valence-corrected chi connectivity index (χ2v) is 9.76. The summed E-state index contributed by atoms with van der Waals surface area (Å²) >= 11 is 0. The predicted octanol–water partition coefficient (Wildman–Crippen LogP) is 8.40. The van der Waals surface area contributed by atoms with E-state index >= 15 is 0 Å². The minimum absolute atomic E-state index is 0.369. The second-order valence-electron chi connectivity index (χ2n) is 9.76. The summed E-state index contributed by atoms with van der Waals surface area (Å²) in [5.74, 6) is 2.83. The monoisotopic (exact) mass is 416 g/mol. The number of ether oxygens (including phenoxy) is 1. The van der Waals surface area contributed by atoms with Gasteiger partial charge >= 0.3 is 0 Å². The summed E-state index contributed by atoms with van der Waals surface area (Å²) in [4.78, 5) is 0. The zero-order valence-electron chi connectivity index (χ0n) is 19.1. The first-order valence-electron chi connectivity index (χ1n) is 11.7. The lowest BCUT2D eigenvalue weighted by atomic mass is 9.65. The summed E-state index contributed by atoms with van der Waals surface area (Å²) < 4.78 is 6.56. The highest BCUT2D eigenvalue weighted by Gasteiger charge is 2.51. The minimum Gasteiger partial charge on any atom is -0.457 e. The SMILES string of the molecule is CC(C)c1ccc2c(c1)C1(c3cc(C(C)C)ccc3O2)c2ccccc2-c2ccccc21. The summed E-state index contributed by atoms with van der Waals surface area (Å²) in [7, 11) is 0. The average Bonchev–Trinajstić information content (AvgIpc) is 3.10. The third-order valence-electron chi connectivity index (χ3n) is 7.32. The van der Waals surface area contributed by atoms with Crippen molar-refractivity contribution in [1.82, 2.24) is 0 Å². The fourth-order valence-electron chi connectivity index (χ4n) is 5.66. The lowest BCUT2D eigenvalue weighted by Crippen LogP contribution is -2.32. The van der Waals surface area contributed by atoms with Gasteiger partial charge in [-0.05, 0) is 57.3 Å². The van der Waals surface area contributed by atoms with Crippen LogP contribution in [0.25, 0.3) is 11.1 Å². The molecule has 1 heterocycles. The highest BCUT2D eigenvalue weighted by molar-refractivity contribution is 5.88. The molecule has 1 spiro atoms. The largest absolute Gasteiger partial charge is 0.457 e. The van der Waals surface area contributed by atoms with E-state index in [-0.39, 0.29) is 5.41 Å². The Bertz CT molecular complexity index is 1250. The van der Waals surface area contributed by atoms with Crippen molar-refractivity contribution < 1.29 is 4.74 Å². The molecule has 1 aliphatic heterocycles. The van der Waals surface area contributed by atoms with Crippen molar-refractivity contribution in [2.75, 3.05) is 0 Å². The van der Waals surface area contributed by atoms with E-state index in [9.17, 15) is 0 Å². The van der Waals surface area contributed by atoms with Crippen molar-refractivity contribution in [3.05, 3.63) is 118 Å². The molecule has 0 amide bonds. The van der Waals surface area contributed by atoms with Crippen molar-refractivity contribution in [2.24, 2.45) is 0 Å². The third kappa shape index (κ3) is 2.45. The smallest absolute Gasteiger partial charge is 0.132 e. The third-order valence-corrected chi connectivity index (χ3v) is 7.32. The van der Waals surface area contributed by atoms with Gasteiger partial charge in [-0.2, -0.15) is 0 Å². The molecule has 2 aliphatic rings. The molecular weight excluding hydrogens is 388 g/mol. The van der Waals surface area contributed by atoms with E-state index in [1.807, 2.05) is 0 Å². The van der Waals surface area contributed by atoms with Gasteiger partial charge in [-0.1, -0.05) is 100 Å². The number of hydrogen-bond donors (Lipinski definition) is 0. The Morgan fingerprint density at radius 2 is 0.969 bits per heavy atom. The molecule has 1 nitrogen and oxygen atoms in total. The molecule has 0 unspecified atom stereocenters. The summed E-state index contributed by atoms with van der Waals surface area (Å²) in [6.45, 7) is 9.05. The number of hydrogen-bond acceptors (Lipinski definition) is 1. The van der Waals surface area contributed by atoms with Gasteiger partial charge in [0.2, 0.25) is 0 Å². The minimum atomic E-state index is -0.369. The van der Waals surface area contributed by atoms with Gasteiger partial charge in [0.1, 0.15) is 11.5 Å². The van der Waals surface area contributed by atoms with Crippen molar-refractivity contribution in [3.8, 4) is 22.6 Å². The van der Waals surface area contributed by atoms with E-state index in [0.717, 1.165) is 11.5 Å². The lowest BCUT2D eigenvalue weighted by molar-refractivity contribution is 0.435. The first kappa shape index (κ1) is 19.4. The predicted molar refractivity (Wildman–Crippen MR) is 132 cm³/mol. The Kier molecular flexibility index (Phi) is 4.14. The summed E-state index contributed by atoms with van der Waals surface area (Å²) in [5.41, 5.74) is 10.2. The molecule has 0 saturated heterocycles. The van der Waals surface area contributed by atoms with Gasteiger partial charge in [0.15, 0.2) is 0 Å². The molecule has 1 heteroatoms. The van der Waals surface area contributed by atoms with Gasteiger partial charge in [0.25, 0.3) is 0 Å². The van der Waals surface area contributed by atoms with Crippen LogP contribution in [0.3, 0.4) is 0 Å². The Morgan fingerprint density at radius 3 is 1.41 bits per heavy atom. The first-order chi connectivity index (χ1) is 15.5. The van der Waals surface area contributed by atoms with Gasteiger partial charge in [-0.15, -0.1) is 0 Å². The van der Waals surface area contributed by atoms with E-state index in [1.54, 1.807) is 0 Å². The molecule has 4 aromatic carbocycles. The molecule has 0 saturated carbocycles. The van der Waals surface area contributed by atoms with E-state index in [4.69, 9.17) is 4.74 Å². The Morgan fingerprint density at radius 1 is 0.531 bits per heavy atom. The van der Waals surface area contributed by atoms with Gasteiger partial charge in [0, 0.05) is 11.1 Å². The molecule has 32 heavy (non-hydrogen) atoms. The maximum atomic E-state index is 6.56. The van der Waals surface area contributed by atoms with E-state index in [0.29, 0.717) is 11.8 Å². The van der Waals surface area contributed by atoms with Gasteiger partial charge in [-0.25, -0.2) is 0 Å². The van der Waals surface area contributed by atoms with Crippen LogP contribution in [-0.4, -0.2) is 0 Å². The molecule has 6 rings (SSSR count). The molecule has 158 valence electrons. The second kappa shape index (κ2) is 6.84. The maximum absolute atomic E-state index is 6.56. The molecular formula is C31H28O. The van der Waals surface area contributed by atoms with Gasteiger partial charge < -0.3 is 4.74 Å². The first-order valence-corrected chi connectivity index (χ1v) is 11.7. The zero-order valence-corrected chi connectivity index (χ0v) is 19.1. The molecule has 0 fully saturated rings. The molecule has 0 atom stereocenters. The normalized spacial score (nSPS) is 14.7. The molecule has 0 radical (unpaired) electrons. The van der Waals surface area contributed by atoms with E-state index in [2.05, 4.69) is 113 Å². The van der Waals surface area contributed by atoms with Crippen LogP contribution in [0, 0.1) is 0 Å². The van der Waals surface area contributed by atoms with Crippen LogP contribution in [-0.2, 0) is 5.41 Å². The zero-order chi connectivity index (χ0) is 22.0. The molecule has 0 aromatic heterocycles. The fraction of sp³-hybridized carbons (Fsp3) is 0.226. The van der Waals surface area contributed by atoms with E-state index < -0.39 is 0 Å². The lowest BCUT2D eigenvalue weighted by Gasteiger charge is -2.40. The van der Waals surface area contributed by atoms with Crippen LogP contribution in [0.2, 0.25) is 0 Å². The van der Waals surface area contributed by atoms with Crippen LogP contribution < -0.4 is 4.74 Å². The van der Waals surface area contributed by atoms with E-state index in [1.165, 1.54) is 44.5 Å². The number of fused-ring (bicyclic) bond motifs is 9. The Hall–Kier alpha value is -3.32.